The zero-order valence-electron chi connectivity index (χ0n) is 7.91. The molecule has 2 aromatic rings. The second-order valence-corrected chi connectivity index (χ2v) is 3.15. The van der Waals surface area contributed by atoms with Gasteiger partial charge in [0.1, 0.15) is 0 Å². The fourth-order valence-corrected chi connectivity index (χ4v) is 1.42. The van der Waals surface area contributed by atoms with Crippen LogP contribution in [0.25, 0.3) is 11.0 Å². The van der Waals surface area contributed by atoms with Crippen molar-refractivity contribution in [1.29, 1.82) is 0 Å². The van der Waals surface area contributed by atoms with Crippen LogP contribution in [0, 0.1) is 5.21 Å². The Morgan fingerprint density at radius 2 is 2.00 bits per heavy atom. The van der Waals surface area contributed by atoms with E-state index in [1.54, 1.807) is 12.1 Å². The van der Waals surface area contributed by atoms with Gasteiger partial charge < -0.3 is 10.4 Å². The van der Waals surface area contributed by atoms with E-state index in [2.05, 4.69) is 12.6 Å². The molecule has 0 aliphatic carbocycles. The average Bonchev–Trinajstić information content (AvgIpc) is 2.23. The molecule has 0 atom stereocenters. The van der Waals surface area contributed by atoms with Gasteiger partial charge in [-0.3, -0.25) is 4.79 Å². The number of fused-ring (bicyclic) bond motifs is 1. The van der Waals surface area contributed by atoms with Gasteiger partial charge >= 0.3 is 40.1 Å². The molecular weight excluding hydrogens is 227 g/mol. The maximum Gasteiger partial charge on any atom is 1.00 e. The number of rotatable bonds is 0. The van der Waals surface area contributed by atoms with Crippen molar-refractivity contribution in [3.05, 3.63) is 39.8 Å². The molecule has 0 saturated heterocycles. The third-order valence-electron chi connectivity index (χ3n) is 1.90. The van der Waals surface area contributed by atoms with E-state index in [-0.39, 0.29) is 45.6 Å². The molecule has 0 fully saturated rings. The van der Waals surface area contributed by atoms with E-state index in [9.17, 15) is 15.2 Å². The van der Waals surface area contributed by atoms with Gasteiger partial charge in [-0.15, -0.1) is 4.73 Å². The van der Waals surface area contributed by atoms with Crippen molar-refractivity contribution in [3.8, 4) is 0 Å². The smallest absolute Gasteiger partial charge is 0.617 e. The van der Waals surface area contributed by atoms with Crippen molar-refractivity contribution in [1.82, 2.24) is 4.73 Å². The Bertz CT molecular complexity index is 570. The summed E-state index contributed by atoms with van der Waals surface area (Å²) in [6.07, 6.45) is 0. The van der Waals surface area contributed by atoms with Crippen molar-refractivity contribution in [3.63, 3.8) is 0 Å². The second kappa shape index (κ2) is 4.44. The van der Waals surface area contributed by atoms with Crippen molar-refractivity contribution in [2.24, 2.45) is 0 Å². The quantitative estimate of drug-likeness (QED) is 0.169. The third-order valence-corrected chi connectivity index (χ3v) is 2.28. The number of para-hydroxylation sites is 2. The molecular formula is C8H6N2NaO3S+. The van der Waals surface area contributed by atoms with Gasteiger partial charge in [0.15, 0.2) is 5.52 Å². The summed E-state index contributed by atoms with van der Waals surface area (Å²) in [4.78, 5) is 11.2. The molecule has 0 unspecified atom stereocenters. The Labute approximate surface area is 112 Å². The van der Waals surface area contributed by atoms with Gasteiger partial charge in [-0.25, -0.2) is 0 Å². The van der Waals surface area contributed by atoms with Crippen molar-refractivity contribution >= 4 is 23.7 Å². The first-order chi connectivity index (χ1) is 6.63. The first-order valence-electron chi connectivity index (χ1n) is 3.78. The Morgan fingerprint density at radius 1 is 1.40 bits per heavy atom. The monoisotopic (exact) mass is 233 g/mol. The van der Waals surface area contributed by atoms with Gasteiger partial charge in [0.25, 0.3) is 0 Å². The minimum Gasteiger partial charge on any atom is -0.617 e. The molecule has 1 aromatic heterocycles. The first kappa shape index (κ1) is 12.4. The minimum atomic E-state index is -0.831. The number of aromatic nitrogens is 2. The molecule has 1 aromatic carbocycles. The van der Waals surface area contributed by atoms with E-state index in [0.717, 1.165) is 0 Å². The van der Waals surface area contributed by atoms with Crippen LogP contribution in [0.1, 0.15) is 0 Å². The van der Waals surface area contributed by atoms with E-state index in [1.807, 2.05) is 0 Å². The van der Waals surface area contributed by atoms with Crippen LogP contribution in [0.3, 0.4) is 0 Å². The topological polar surface area (TPSA) is 69.2 Å². The Hall–Kier alpha value is -0.690. The summed E-state index contributed by atoms with van der Waals surface area (Å²) in [5, 5.41) is 20.4. The molecule has 1 N–H and O–H groups in total. The Kier molecular flexibility index (Phi) is 3.67. The Balaban J connectivity index is 0.00000112. The van der Waals surface area contributed by atoms with Crippen LogP contribution in [0.2, 0.25) is 0 Å². The van der Waals surface area contributed by atoms with Gasteiger partial charge in [-0.2, -0.15) is 4.73 Å². The molecule has 15 heavy (non-hydrogen) atoms. The third kappa shape index (κ3) is 1.85. The average molecular weight is 233 g/mol. The van der Waals surface area contributed by atoms with E-state index < -0.39 is 5.56 Å². The summed E-state index contributed by atoms with van der Waals surface area (Å²) in [5.41, 5.74) is -0.480. The van der Waals surface area contributed by atoms with Crippen LogP contribution < -0.4 is 39.8 Å². The van der Waals surface area contributed by atoms with Gasteiger partial charge in [-0.05, 0) is 6.07 Å². The van der Waals surface area contributed by atoms with Crippen LogP contribution in [-0.2, 0) is 0 Å². The summed E-state index contributed by atoms with van der Waals surface area (Å²) in [6, 6.07) is 6.22. The van der Waals surface area contributed by atoms with Gasteiger partial charge in [0.05, 0.1) is 0 Å². The summed E-state index contributed by atoms with van der Waals surface area (Å²) in [7, 11) is 0. The van der Waals surface area contributed by atoms with Crippen LogP contribution in [0.5, 0.6) is 0 Å². The fourth-order valence-electron chi connectivity index (χ4n) is 1.22. The fraction of sp³-hybridized carbons (Fsp3) is 0. The molecule has 0 bridgehead atoms. The summed E-state index contributed by atoms with van der Waals surface area (Å²) < 4.78 is 0.791. The SMILES string of the molecule is O=c1c(S)[n+]([O-])c2ccccc2n1O.[Na+]. The van der Waals surface area contributed by atoms with Crippen LogP contribution in [0.4, 0.5) is 0 Å². The zero-order chi connectivity index (χ0) is 10.3. The first-order valence-corrected chi connectivity index (χ1v) is 4.23. The molecule has 0 radical (unpaired) electrons. The molecule has 0 spiro atoms. The minimum absolute atomic E-state index is 0. The maximum atomic E-state index is 11.4. The van der Waals surface area contributed by atoms with Crippen LogP contribution in [0.15, 0.2) is 34.1 Å². The van der Waals surface area contributed by atoms with Crippen molar-refractivity contribution in [2.45, 2.75) is 5.03 Å². The van der Waals surface area contributed by atoms with E-state index in [0.29, 0.717) is 9.46 Å². The number of nitrogens with zero attached hydrogens (tertiary/aromatic N) is 2. The van der Waals surface area contributed by atoms with E-state index >= 15 is 0 Å². The number of hydrogen-bond acceptors (Lipinski definition) is 4. The zero-order valence-corrected chi connectivity index (χ0v) is 10.8. The van der Waals surface area contributed by atoms with Gasteiger partial charge in [0, 0.05) is 6.07 Å². The predicted molar refractivity (Wildman–Crippen MR) is 51.6 cm³/mol. The largest absolute Gasteiger partial charge is 1.00 e. The second-order valence-electron chi connectivity index (χ2n) is 2.72. The van der Waals surface area contributed by atoms with Gasteiger partial charge in [0.2, 0.25) is 5.52 Å². The molecule has 7 heteroatoms. The number of thiol groups is 1. The summed E-state index contributed by atoms with van der Waals surface area (Å²) in [5.74, 6) is 0. The maximum absolute atomic E-state index is 11.4. The van der Waals surface area contributed by atoms with Crippen LogP contribution >= 0.6 is 12.6 Å². The summed E-state index contributed by atoms with van der Waals surface area (Å²) in [6.45, 7) is 0. The molecule has 72 valence electrons. The van der Waals surface area contributed by atoms with Crippen LogP contribution in [-0.4, -0.2) is 9.94 Å². The molecule has 0 amide bonds. The normalized spacial score (nSPS) is 9.93. The molecule has 5 nitrogen and oxygen atoms in total. The molecule has 0 aliphatic heterocycles. The van der Waals surface area contributed by atoms with E-state index in [4.69, 9.17) is 0 Å². The summed E-state index contributed by atoms with van der Waals surface area (Å²) >= 11 is 3.71. The predicted octanol–water partition coefficient (Wildman–Crippen LogP) is -2.84. The number of benzene rings is 1. The van der Waals surface area contributed by atoms with Gasteiger partial charge in [-0.1, -0.05) is 24.8 Å². The Morgan fingerprint density at radius 3 is 2.67 bits per heavy atom. The molecule has 0 aliphatic rings. The molecule has 2 rings (SSSR count). The number of hydrogen-bond donors (Lipinski definition) is 2. The standard InChI is InChI=1S/C8H6N2O3S.Na/c11-7-8(14)10(13)6-4-2-1-3-5(6)9(7)12;/h1-4,12,14H;/q;+1. The van der Waals surface area contributed by atoms with Crippen molar-refractivity contribution in [2.75, 3.05) is 0 Å². The van der Waals surface area contributed by atoms with Crippen molar-refractivity contribution < 1.29 is 39.5 Å². The van der Waals surface area contributed by atoms with E-state index in [1.165, 1.54) is 12.1 Å². The molecule has 0 saturated carbocycles. The molecule has 1 heterocycles.